The normalized spacial score (nSPS) is 12.0. The van der Waals surface area contributed by atoms with Gasteiger partial charge in [-0.3, -0.25) is 0 Å². The highest BCUT2D eigenvalue weighted by atomic mass is 35.5. The fourth-order valence-electron chi connectivity index (χ4n) is 2.28. The van der Waals surface area contributed by atoms with Crippen LogP contribution in [0.5, 0.6) is 5.75 Å². The molecule has 3 heteroatoms. The van der Waals surface area contributed by atoms with E-state index in [-0.39, 0.29) is 6.04 Å². The van der Waals surface area contributed by atoms with E-state index in [1.165, 1.54) is 11.1 Å². The maximum Gasteiger partial charge on any atom is 0.138 e. The second-order valence-electron chi connectivity index (χ2n) is 5.09. The Kier molecular flexibility index (Phi) is 5.51. The van der Waals surface area contributed by atoms with Crippen molar-refractivity contribution in [2.75, 3.05) is 11.9 Å². The van der Waals surface area contributed by atoms with Gasteiger partial charge >= 0.3 is 0 Å². The highest BCUT2D eigenvalue weighted by Crippen LogP contribution is 2.30. The van der Waals surface area contributed by atoms with Crippen molar-refractivity contribution in [3.8, 4) is 5.75 Å². The van der Waals surface area contributed by atoms with Crippen LogP contribution in [0.15, 0.2) is 42.5 Å². The van der Waals surface area contributed by atoms with Gasteiger partial charge in [-0.15, -0.1) is 0 Å². The van der Waals surface area contributed by atoms with Crippen LogP contribution in [0, 0.1) is 6.92 Å². The number of aryl methyl sites for hydroxylation is 1. The molecule has 0 saturated heterocycles. The lowest BCUT2D eigenvalue weighted by molar-refractivity contribution is 0.340. The summed E-state index contributed by atoms with van der Waals surface area (Å²) in [6.07, 6.45) is 1.01. The third-order valence-corrected chi connectivity index (χ3v) is 3.76. The van der Waals surface area contributed by atoms with Crippen LogP contribution in [0.4, 0.5) is 5.69 Å². The minimum atomic E-state index is 0.277. The van der Waals surface area contributed by atoms with Gasteiger partial charge < -0.3 is 10.1 Å². The van der Waals surface area contributed by atoms with E-state index >= 15 is 0 Å². The van der Waals surface area contributed by atoms with Gasteiger partial charge in [0.2, 0.25) is 0 Å². The first-order chi connectivity index (χ1) is 10.1. The van der Waals surface area contributed by atoms with Crippen molar-refractivity contribution in [3.05, 3.63) is 58.6 Å². The van der Waals surface area contributed by atoms with Crippen molar-refractivity contribution < 1.29 is 4.74 Å². The number of benzene rings is 2. The fourth-order valence-corrected chi connectivity index (χ4v) is 2.52. The van der Waals surface area contributed by atoms with Crippen LogP contribution in [0.3, 0.4) is 0 Å². The van der Waals surface area contributed by atoms with Crippen LogP contribution < -0.4 is 10.1 Å². The number of hydrogen-bond acceptors (Lipinski definition) is 2. The van der Waals surface area contributed by atoms with Gasteiger partial charge in [-0.25, -0.2) is 0 Å². The lowest BCUT2D eigenvalue weighted by Gasteiger charge is -2.19. The van der Waals surface area contributed by atoms with Crippen molar-refractivity contribution >= 4 is 17.3 Å². The van der Waals surface area contributed by atoms with Gasteiger partial charge in [-0.1, -0.05) is 48.4 Å². The second kappa shape index (κ2) is 7.37. The predicted octanol–water partition coefficient (Wildman–Crippen LogP) is 5.61. The molecule has 2 rings (SSSR count). The Bertz CT molecular complexity index is 580. The predicted molar refractivity (Wildman–Crippen MR) is 90.5 cm³/mol. The first kappa shape index (κ1) is 15.7. The molecule has 112 valence electrons. The Balaban J connectivity index is 2.15. The Labute approximate surface area is 132 Å². The molecule has 0 spiro atoms. The van der Waals surface area contributed by atoms with Crippen LogP contribution in [-0.4, -0.2) is 6.61 Å². The largest absolute Gasteiger partial charge is 0.492 e. The lowest BCUT2D eigenvalue weighted by atomic mass is 10.0. The zero-order valence-electron chi connectivity index (χ0n) is 12.8. The van der Waals surface area contributed by atoms with Crippen LogP contribution in [0.1, 0.15) is 37.4 Å². The molecule has 0 bridgehead atoms. The molecule has 0 aliphatic heterocycles. The van der Waals surface area contributed by atoms with E-state index in [0.717, 1.165) is 17.9 Å². The summed E-state index contributed by atoms with van der Waals surface area (Å²) in [7, 11) is 0. The van der Waals surface area contributed by atoms with E-state index in [9.17, 15) is 0 Å². The summed E-state index contributed by atoms with van der Waals surface area (Å²) in [6.45, 7) is 6.85. The topological polar surface area (TPSA) is 21.3 Å². The molecular weight excluding hydrogens is 282 g/mol. The molecule has 0 heterocycles. The van der Waals surface area contributed by atoms with E-state index in [1.54, 1.807) is 0 Å². The SMILES string of the molecule is CCOc1ccc(NC(CC)c2ccc(C)cc2)cc1Cl. The molecule has 1 N–H and O–H groups in total. The summed E-state index contributed by atoms with van der Waals surface area (Å²) in [4.78, 5) is 0. The van der Waals surface area contributed by atoms with E-state index in [0.29, 0.717) is 11.6 Å². The summed E-state index contributed by atoms with van der Waals surface area (Å²) < 4.78 is 5.46. The zero-order chi connectivity index (χ0) is 15.2. The average Bonchev–Trinajstić information content (AvgIpc) is 2.48. The Morgan fingerprint density at radius 1 is 1.10 bits per heavy atom. The van der Waals surface area contributed by atoms with Gasteiger partial charge in [0.15, 0.2) is 0 Å². The number of hydrogen-bond donors (Lipinski definition) is 1. The molecule has 21 heavy (non-hydrogen) atoms. The maximum atomic E-state index is 6.24. The van der Waals surface area contributed by atoms with Gasteiger partial charge in [-0.2, -0.15) is 0 Å². The number of rotatable bonds is 6. The van der Waals surface area contributed by atoms with Crippen molar-refractivity contribution in [2.24, 2.45) is 0 Å². The van der Waals surface area contributed by atoms with Crippen LogP contribution in [0.25, 0.3) is 0 Å². The van der Waals surface area contributed by atoms with Gasteiger partial charge in [0, 0.05) is 5.69 Å². The van der Waals surface area contributed by atoms with Gasteiger partial charge in [0.05, 0.1) is 17.7 Å². The highest BCUT2D eigenvalue weighted by molar-refractivity contribution is 6.32. The van der Waals surface area contributed by atoms with Crippen LogP contribution >= 0.6 is 11.6 Å². The highest BCUT2D eigenvalue weighted by Gasteiger charge is 2.10. The molecule has 0 amide bonds. The Morgan fingerprint density at radius 3 is 2.38 bits per heavy atom. The molecule has 0 aliphatic carbocycles. The summed E-state index contributed by atoms with van der Waals surface area (Å²) >= 11 is 6.24. The minimum Gasteiger partial charge on any atom is -0.492 e. The second-order valence-corrected chi connectivity index (χ2v) is 5.50. The number of anilines is 1. The van der Waals surface area contributed by atoms with Crippen LogP contribution in [-0.2, 0) is 0 Å². The Morgan fingerprint density at radius 2 is 1.81 bits per heavy atom. The fraction of sp³-hybridized carbons (Fsp3) is 0.333. The maximum absolute atomic E-state index is 6.24. The monoisotopic (exact) mass is 303 g/mol. The molecule has 0 radical (unpaired) electrons. The third kappa shape index (κ3) is 4.15. The molecule has 1 unspecified atom stereocenters. The molecular formula is C18H22ClNO. The first-order valence-electron chi connectivity index (χ1n) is 7.39. The quantitative estimate of drug-likeness (QED) is 0.749. The lowest BCUT2D eigenvalue weighted by Crippen LogP contribution is -2.09. The van der Waals surface area contributed by atoms with Crippen LogP contribution in [0.2, 0.25) is 5.02 Å². The van der Waals surface area contributed by atoms with E-state index in [2.05, 4.69) is 43.4 Å². The third-order valence-electron chi connectivity index (χ3n) is 3.46. The van der Waals surface area contributed by atoms with Crippen molar-refractivity contribution in [3.63, 3.8) is 0 Å². The molecule has 1 atom stereocenters. The molecule has 0 saturated carbocycles. The first-order valence-corrected chi connectivity index (χ1v) is 7.77. The van der Waals surface area contributed by atoms with Gasteiger partial charge in [0.1, 0.15) is 5.75 Å². The minimum absolute atomic E-state index is 0.277. The van der Waals surface area contributed by atoms with Crippen molar-refractivity contribution in [1.29, 1.82) is 0 Å². The van der Waals surface area contributed by atoms with Crippen molar-refractivity contribution in [1.82, 2.24) is 0 Å². The van der Waals surface area contributed by atoms with E-state index in [4.69, 9.17) is 16.3 Å². The summed E-state index contributed by atoms with van der Waals surface area (Å²) in [5.74, 6) is 0.730. The summed E-state index contributed by atoms with van der Waals surface area (Å²) in [5.41, 5.74) is 3.57. The Hall–Kier alpha value is -1.67. The van der Waals surface area contributed by atoms with E-state index < -0.39 is 0 Å². The molecule has 2 nitrogen and oxygen atoms in total. The summed E-state index contributed by atoms with van der Waals surface area (Å²) in [6, 6.07) is 14.8. The molecule has 0 aromatic heterocycles. The molecule has 0 fully saturated rings. The smallest absolute Gasteiger partial charge is 0.138 e. The molecule has 0 aliphatic rings. The average molecular weight is 304 g/mol. The van der Waals surface area contributed by atoms with Crippen molar-refractivity contribution in [2.45, 2.75) is 33.2 Å². The number of halogens is 1. The number of ether oxygens (including phenoxy) is 1. The van der Waals surface area contributed by atoms with E-state index in [1.807, 2.05) is 25.1 Å². The van der Waals surface area contributed by atoms with Gasteiger partial charge in [0.25, 0.3) is 0 Å². The van der Waals surface area contributed by atoms with Gasteiger partial charge in [-0.05, 0) is 44.0 Å². The molecule has 2 aromatic carbocycles. The zero-order valence-corrected chi connectivity index (χ0v) is 13.6. The number of nitrogens with one attached hydrogen (secondary N) is 1. The summed E-state index contributed by atoms with van der Waals surface area (Å²) in [5, 5.41) is 4.17. The molecule has 2 aromatic rings. The standard InChI is InChI=1S/C18H22ClNO/c1-4-17(14-8-6-13(3)7-9-14)20-15-10-11-18(21-5-2)16(19)12-15/h6-12,17,20H,4-5H2,1-3H3.